The van der Waals surface area contributed by atoms with Gasteiger partial charge in [0, 0.05) is 10.0 Å². The fourth-order valence-corrected chi connectivity index (χ4v) is 2.15. The molecule has 2 aromatic carbocycles. The Morgan fingerprint density at radius 2 is 1.83 bits per heavy atom. The van der Waals surface area contributed by atoms with Gasteiger partial charge in [-0.3, -0.25) is 0 Å². The van der Waals surface area contributed by atoms with Crippen LogP contribution in [-0.2, 0) is 0 Å². The summed E-state index contributed by atoms with van der Waals surface area (Å²) >= 11 is 12.0. The lowest BCUT2D eigenvalue weighted by molar-refractivity contribution is 0.614. The first kappa shape index (κ1) is 13.3. The summed E-state index contributed by atoms with van der Waals surface area (Å²) in [5.74, 6) is -0.277. The zero-order valence-corrected chi connectivity index (χ0v) is 11.3. The molecule has 94 valence electrons. The number of hydrogen-bond acceptors (Lipinski definition) is 1. The zero-order chi connectivity index (χ0) is 13.3. The Morgan fingerprint density at radius 1 is 1.11 bits per heavy atom. The van der Waals surface area contributed by atoms with Gasteiger partial charge in [-0.05, 0) is 47.9 Å². The highest BCUT2D eigenvalue weighted by Crippen LogP contribution is 2.29. The highest BCUT2D eigenvalue weighted by molar-refractivity contribution is 6.33. The number of benzene rings is 2. The van der Waals surface area contributed by atoms with Crippen LogP contribution in [0.2, 0.25) is 10.0 Å². The van der Waals surface area contributed by atoms with Crippen LogP contribution in [0, 0.1) is 12.7 Å². The highest BCUT2D eigenvalue weighted by Gasteiger charge is 2.14. The molecule has 0 spiro atoms. The summed E-state index contributed by atoms with van der Waals surface area (Å²) in [5.41, 5.74) is 8.04. The Bertz CT molecular complexity index is 584. The molecule has 0 saturated carbocycles. The van der Waals surface area contributed by atoms with Crippen molar-refractivity contribution in [3.8, 4) is 0 Å². The van der Waals surface area contributed by atoms with Gasteiger partial charge in [0.15, 0.2) is 0 Å². The summed E-state index contributed by atoms with van der Waals surface area (Å²) in [6.45, 7) is 1.71. The minimum absolute atomic E-state index is 0.277. The third-order valence-electron chi connectivity index (χ3n) is 2.85. The molecule has 0 aliphatic carbocycles. The summed E-state index contributed by atoms with van der Waals surface area (Å²) in [5, 5.41) is 1.07. The van der Waals surface area contributed by atoms with Crippen molar-refractivity contribution in [2.75, 3.05) is 0 Å². The Balaban J connectivity index is 2.44. The number of halogens is 3. The van der Waals surface area contributed by atoms with Crippen molar-refractivity contribution in [2.24, 2.45) is 5.73 Å². The third kappa shape index (κ3) is 2.66. The van der Waals surface area contributed by atoms with Gasteiger partial charge in [0.05, 0.1) is 6.04 Å². The van der Waals surface area contributed by atoms with Crippen LogP contribution in [0.3, 0.4) is 0 Å². The second-order valence-corrected chi connectivity index (χ2v) is 5.00. The van der Waals surface area contributed by atoms with E-state index < -0.39 is 6.04 Å². The first-order chi connectivity index (χ1) is 8.49. The second-order valence-electron chi connectivity index (χ2n) is 4.15. The molecule has 2 rings (SSSR count). The van der Waals surface area contributed by atoms with Crippen LogP contribution < -0.4 is 5.73 Å². The van der Waals surface area contributed by atoms with Crippen LogP contribution in [-0.4, -0.2) is 0 Å². The SMILES string of the molecule is Cc1ccc(C(N)c2cc(Cl)ccc2Cl)cc1F. The predicted molar refractivity (Wildman–Crippen MR) is 73.6 cm³/mol. The Morgan fingerprint density at radius 3 is 2.50 bits per heavy atom. The van der Waals surface area contributed by atoms with Crippen LogP contribution in [0.25, 0.3) is 0 Å². The molecule has 0 aromatic heterocycles. The molecule has 0 aliphatic heterocycles. The summed E-state index contributed by atoms with van der Waals surface area (Å²) < 4.78 is 13.5. The molecular weight excluding hydrogens is 272 g/mol. The molecule has 0 aliphatic rings. The first-order valence-corrected chi connectivity index (χ1v) is 6.21. The second kappa shape index (κ2) is 5.27. The largest absolute Gasteiger partial charge is 0.320 e. The number of hydrogen-bond donors (Lipinski definition) is 1. The van der Waals surface area contributed by atoms with Crippen LogP contribution in [0.1, 0.15) is 22.7 Å². The van der Waals surface area contributed by atoms with Crippen molar-refractivity contribution in [1.29, 1.82) is 0 Å². The van der Waals surface area contributed by atoms with Crippen molar-refractivity contribution in [2.45, 2.75) is 13.0 Å². The molecule has 0 bridgehead atoms. The third-order valence-corrected chi connectivity index (χ3v) is 3.43. The van der Waals surface area contributed by atoms with E-state index in [0.717, 1.165) is 0 Å². The van der Waals surface area contributed by atoms with E-state index in [2.05, 4.69) is 0 Å². The molecule has 0 heterocycles. The standard InChI is InChI=1S/C14H12Cl2FN/c1-8-2-3-9(6-13(8)17)14(18)11-7-10(15)4-5-12(11)16/h2-7,14H,18H2,1H3. The molecule has 2 N–H and O–H groups in total. The average molecular weight is 284 g/mol. The number of rotatable bonds is 2. The lowest BCUT2D eigenvalue weighted by Gasteiger charge is -2.15. The van der Waals surface area contributed by atoms with Crippen LogP contribution in [0.15, 0.2) is 36.4 Å². The monoisotopic (exact) mass is 283 g/mol. The maximum atomic E-state index is 13.5. The quantitative estimate of drug-likeness (QED) is 0.864. The van der Waals surface area contributed by atoms with Crippen molar-refractivity contribution in [1.82, 2.24) is 0 Å². The van der Waals surface area contributed by atoms with E-state index in [1.54, 1.807) is 37.3 Å². The van der Waals surface area contributed by atoms with Gasteiger partial charge in [-0.2, -0.15) is 0 Å². The number of nitrogens with two attached hydrogens (primary N) is 1. The van der Waals surface area contributed by atoms with Gasteiger partial charge in [0.2, 0.25) is 0 Å². The van der Waals surface area contributed by atoms with Crippen molar-refractivity contribution in [3.05, 3.63) is 69.0 Å². The van der Waals surface area contributed by atoms with Crippen LogP contribution in [0.5, 0.6) is 0 Å². The van der Waals surface area contributed by atoms with E-state index >= 15 is 0 Å². The summed E-state index contributed by atoms with van der Waals surface area (Å²) in [4.78, 5) is 0. The topological polar surface area (TPSA) is 26.0 Å². The molecule has 0 amide bonds. The molecule has 1 unspecified atom stereocenters. The first-order valence-electron chi connectivity index (χ1n) is 5.45. The van der Waals surface area contributed by atoms with E-state index in [1.165, 1.54) is 6.07 Å². The lowest BCUT2D eigenvalue weighted by atomic mass is 9.98. The van der Waals surface area contributed by atoms with Crippen molar-refractivity contribution >= 4 is 23.2 Å². The van der Waals surface area contributed by atoms with Gasteiger partial charge in [-0.1, -0.05) is 35.3 Å². The minimum Gasteiger partial charge on any atom is -0.320 e. The molecule has 4 heteroatoms. The van der Waals surface area contributed by atoms with E-state index in [0.29, 0.717) is 26.7 Å². The normalized spacial score (nSPS) is 12.5. The Labute approximate surface area is 115 Å². The summed E-state index contributed by atoms with van der Waals surface area (Å²) in [6.07, 6.45) is 0. The maximum absolute atomic E-state index is 13.5. The molecule has 0 saturated heterocycles. The predicted octanol–water partition coefficient (Wildman–Crippen LogP) is 4.49. The zero-order valence-electron chi connectivity index (χ0n) is 9.75. The fraction of sp³-hybridized carbons (Fsp3) is 0.143. The van der Waals surface area contributed by atoms with Gasteiger partial charge in [-0.25, -0.2) is 4.39 Å². The van der Waals surface area contributed by atoms with Crippen LogP contribution >= 0.6 is 23.2 Å². The van der Waals surface area contributed by atoms with E-state index in [4.69, 9.17) is 28.9 Å². The lowest BCUT2D eigenvalue weighted by Crippen LogP contribution is -2.12. The summed E-state index contributed by atoms with van der Waals surface area (Å²) in [6, 6.07) is 9.50. The minimum atomic E-state index is -0.494. The van der Waals surface area contributed by atoms with E-state index in [-0.39, 0.29) is 5.82 Å². The van der Waals surface area contributed by atoms with Crippen molar-refractivity contribution in [3.63, 3.8) is 0 Å². The molecule has 2 aromatic rings. The van der Waals surface area contributed by atoms with Gasteiger partial charge >= 0.3 is 0 Å². The van der Waals surface area contributed by atoms with Gasteiger partial charge < -0.3 is 5.73 Å². The van der Waals surface area contributed by atoms with Crippen molar-refractivity contribution < 1.29 is 4.39 Å². The smallest absolute Gasteiger partial charge is 0.126 e. The number of aryl methyl sites for hydroxylation is 1. The summed E-state index contributed by atoms with van der Waals surface area (Å²) in [7, 11) is 0. The van der Waals surface area contributed by atoms with Gasteiger partial charge in [-0.15, -0.1) is 0 Å². The molecule has 0 radical (unpaired) electrons. The van der Waals surface area contributed by atoms with Gasteiger partial charge in [0.1, 0.15) is 5.82 Å². The molecule has 0 fully saturated rings. The Kier molecular flexibility index (Phi) is 3.91. The fourth-order valence-electron chi connectivity index (χ4n) is 1.74. The van der Waals surface area contributed by atoms with Crippen LogP contribution in [0.4, 0.5) is 4.39 Å². The Hall–Kier alpha value is -1.09. The molecular formula is C14H12Cl2FN. The van der Waals surface area contributed by atoms with Gasteiger partial charge in [0.25, 0.3) is 0 Å². The molecule has 18 heavy (non-hydrogen) atoms. The van der Waals surface area contributed by atoms with E-state index in [1.807, 2.05) is 0 Å². The van der Waals surface area contributed by atoms with E-state index in [9.17, 15) is 4.39 Å². The highest BCUT2D eigenvalue weighted by atomic mass is 35.5. The molecule has 1 nitrogen and oxygen atoms in total. The average Bonchev–Trinajstić information content (AvgIpc) is 2.35. The maximum Gasteiger partial charge on any atom is 0.126 e. The molecule has 1 atom stereocenters.